The van der Waals surface area contributed by atoms with Crippen LogP contribution in [-0.4, -0.2) is 57.3 Å². The van der Waals surface area contributed by atoms with Crippen molar-refractivity contribution >= 4 is 5.91 Å². The zero-order valence-electron chi connectivity index (χ0n) is 38.8. The van der Waals surface area contributed by atoms with Crippen LogP contribution in [0.1, 0.15) is 271 Å². The maximum absolute atomic E-state index is 12.4. The van der Waals surface area contributed by atoms with Crippen LogP contribution in [0.15, 0.2) is 24.3 Å². The van der Waals surface area contributed by atoms with E-state index in [0.29, 0.717) is 12.8 Å². The summed E-state index contributed by atoms with van der Waals surface area (Å²) < 4.78 is 0. The van der Waals surface area contributed by atoms with E-state index in [0.717, 1.165) is 44.9 Å². The first-order valence-corrected chi connectivity index (χ1v) is 25.7. The molecule has 0 radical (unpaired) electrons. The number of aliphatic hydroxyl groups is 4. The van der Waals surface area contributed by atoms with Crippen molar-refractivity contribution in [2.24, 2.45) is 0 Å². The number of carbonyl (C=O) groups is 1. The summed E-state index contributed by atoms with van der Waals surface area (Å²) in [6.45, 7) is 3.99. The Morgan fingerprint density at radius 2 is 0.741 bits per heavy atom. The van der Waals surface area contributed by atoms with Gasteiger partial charge in [0.15, 0.2) is 0 Å². The molecule has 0 aliphatic carbocycles. The lowest BCUT2D eigenvalue weighted by atomic mass is 9.99. The largest absolute Gasteiger partial charge is 0.394 e. The zero-order valence-corrected chi connectivity index (χ0v) is 38.8. The smallest absolute Gasteiger partial charge is 0.249 e. The second kappa shape index (κ2) is 46.8. The van der Waals surface area contributed by atoms with E-state index in [1.807, 2.05) is 0 Å². The lowest BCUT2D eigenvalue weighted by molar-refractivity contribution is -0.132. The van der Waals surface area contributed by atoms with Crippen molar-refractivity contribution in [1.29, 1.82) is 0 Å². The Hall–Kier alpha value is -1.21. The fourth-order valence-electron chi connectivity index (χ4n) is 8.08. The van der Waals surface area contributed by atoms with E-state index in [2.05, 4.69) is 43.5 Å². The topological polar surface area (TPSA) is 110 Å². The van der Waals surface area contributed by atoms with Gasteiger partial charge in [-0.05, 0) is 44.9 Å². The van der Waals surface area contributed by atoms with Crippen LogP contribution < -0.4 is 5.32 Å². The van der Waals surface area contributed by atoms with Crippen LogP contribution in [0.5, 0.6) is 0 Å². The molecule has 5 N–H and O–H groups in total. The van der Waals surface area contributed by atoms with Gasteiger partial charge in [0, 0.05) is 0 Å². The molecule has 0 aliphatic heterocycles. The first kappa shape index (κ1) is 56.8. The minimum Gasteiger partial charge on any atom is -0.394 e. The number of nitrogens with one attached hydrogen (secondary N) is 1. The summed E-state index contributed by atoms with van der Waals surface area (Å²) in [5.41, 5.74) is 0. The van der Waals surface area contributed by atoms with Gasteiger partial charge in [-0.1, -0.05) is 250 Å². The van der Waals surface area contributed by atoms with Crippen LogP contribution in [-0.2, 0) is 4.79 Å². The second-order valence-electron chi connectivity index (χ2n) is 17.9. The average Bonchev–Trinajstić information content (AvgIpc) is 3.23. The number of unbranched alkanes of at least 4 members (excludes halogenated alkanes) is 34. The molecule has 58 heavy (non-hydrogen) atoms. The average molecular weight is 820 g/mol. The highest BCUT2D eigenvalue weighted by Gasteiger charge is 2.28. The molecular formula is C52H101NO5. The minimum absolute atomic E-state index is 0.370. The highest BCUT2D eigenvalue weighted by atomic mass is 16.3. The molecule has 0 aromatic carbocycles. The lowest BCUT2D eigenvalue weighted by Crippen LogP contribution is -2.53. The van der Waals surface area contributed by atoms with Crippen LogP contribution in [0, 0.1) is 0 Å². The highest BCUT2D eigenvalue weighted by Crippen LogP contribution is 2.17. The third-order valence-electron chi connectivity index (χ3n) is 12.2. The first-order chi connectivity index (χ1) is 28.5. The van der Waals surface area contributed by atoms with Crippen LogP contribution in [0.2, 0.25) is 0 Å². The Morgan fingerprint density at radius 3 is 1.09 bits per heavy atom. The molecule has 1 amide bonds. The van der Waals surface area contributed by atoms with Crippen molar-refractivity contribution in [1.82, 2.24) is 5.32 Å². The van der Waals surface area contributed by atoms with Gasteiger partial charge in [0.05, 0.1) is 18.8 Å². The van der Waals surface area contributed by atoms with Crippen molar-refractivity contribution in [3.8, 4) is 0 Å². The van der Waals surface area contributed by atoms with Gasteiger partial charge in [-0.25, -0.2) is 0 Å². The molecule has 0 aliphatic rings. The number of amides is 1. The molecule has 0 fully saturated rings. The highest BCUT2D eigenvalue weighted by molar-refractivity contribution is 5.80. The van der Waals surface area contributed by atoms with E-state index in [9.17, 15) is 25.2 Å². The number of hydrogen-bond donors (Lipinski definition) is 5. The molecule has 344 valence electrons. The predicted molar refractivity (Wildman–Crippen MR) is 251 cm³/mol. The van der Waals surface area contributed by atoms with Gasteiger partial charge in [0.2, 0.25) is 5.91 Å². The Labute approximate surface area is 361 Å². The molecule has 0 rings (SSSR count). The second-order valence-corrected chi connectivity index (χ2v) is 17.9. The quantitative estimate of drug-likeness (QED) is 0.0310. The van der Waals surface area contributed by atoms with Gasteiger partial charge < -0.3 is 25.7 Å². The fourth-order valence-corrected chi connectivity index (χ4v) is 8.08. The maximum atomic E-state index is 12.4. The third kappa shape index (κ3) is 40.2. The third-order valence-corrected chi connectivity index (χ3v) is 12.2. The summed E-state index contributed by atoms with van der Waals surface area (Å²) in [5, 5.41) is 43.3. The number of rotatable bonds is 47. The SMILES string of the molecule is CCCCCCCCCCCCCCC/C=C\C/C=C\CCCCCCCCCCCCCCCCCCC(O)C(=O)NC(CO)C(O)C(O)CCCCCCCC. The molecule has 0 saturated heterocycles. The normalized spacial score (nSPS) is 14.1. The van der Waals surface area contributed by atoms with Crippen molar-refractivity contribution in [2.45, 2.75) is 295 Å². The molecule has 0 bridgehead atoms. The Kier molecular flexibility index (Phi) is 45.9. The molecule has 0 spiro atoms. The molecule has 4 atom stereocenters. The number of carbonyl (C=O) groups excluding carboxylic acids is 1. The summed E-state index contributed by atoms with van der Waals surface area (Å²) in [6, 6.07) is -0.980. The predicted octanol–water partition coefficient (Wildman–Crippen LogP) is 14.3. The summed E-state index contributed by atoms with van der Waals surface area (Å²) in [6.07, 6.45) is 55.8. The van der Waals surface area contributed by atoms with Gasteiger partial charge in [-0.3, -0.25) is 4.79 Å². The van der Waals surface area contributed by atoms with E-state index in [4.69, 9.17) is 0 Å². The van der Waals surface area contributed by atoms with Gasteiger partial charge in [0.25, 0.3) is 0 Å². The summed E-state index contributed by atoms with van der Waals surface area (Å²) in [4.78, 5) is 12.4. The van der Waals surface area contributed by atoms with Crippen LogP contribution in [0.4, 0.5) is 0 Å². The molecule has 0 aromatic heterocycles. The first-order valence-electron chi connectivity index (χ1n) is 25.7. The van der Waals surface area contributed by atoms with Gasteiger partial charge in [-0.2, -0.15) is 0 Å². The van der Waals surface area contributed by atoms with Crippen LogP contribution >= 0.6 is 0 Å². The van der Waals surface area contributed by atoms with Gasteiger partial charge in [0.1, 0.15) is 12.2 Å². The van der Waals surface area contributed by atoms with Crippen molar-refractivity contribution in [2.75, 3.05) is 6.61 Å². The van der Waals surface area contributed by atoms with E-state index < -0.39 is 36.9 Å². The molecule has 0 aromatic rings. The van der Waals surface area contributed by atoms with Crippen molar-refractivity contribution in [3.63, 3.8) is 0 Å². The fraction of sp³-hybridized carbons (Fsp3) is 0.904. The van der Waals surface area contributed by atoms with Gasteiger partial charge in [-0.15, -0.1) is 0 Å². The molecule has 6 heteroatoms. The van der Waals surface area contributed by atoms with E-state index in [1.54, 1.807) is 0 Å². The van der Waals surface area contributed by atoms with E-state index >= 15 is 0 Å². The molecule has 0 saturated carbocycles. The summed E-state index contributed by atoms with van der Waals surface area (Å²) in [5.74, 6) is -0.586. The summed E-state index contributed by atoms with van der Waals surface area (Å²) >= 11 is 0. The minimum atomic E-state index is -1.25. The monoisotopic (exact) mass is 820 g/mol. The number of hydrogen-bond acceptors (Lipinski definition) is 5. The number of aliphatic hydroxyl groups excluding tert-OH is 4. The lowest BCUT2D eigenvalue weighted by Gasteiger charge is -2.27. The Bertz CT molecular complexity index is 878. The zero-order chi connectivity index (χ0) is 42.4. The standard InChI is InChI=1S/C52H101NO5/c1-3-5-7-9-11-12-13-14-15-16-17-18-19-20-21-22-23-24-25-26-27-28-29-30-31-32-33-34-35-36-37-38-39-40-42-44-46-50(56)52(58)53-48(47-54)51(57)49(55)45-43-41-10-8-6-4-2/h21-22,24-25,48-51,54-57H,3-20,23,26-47H2,1-2H3,(H,53,58)/b22-21-,25-24-. The molecular weight excluding hydrogens is 719 g/mol. The van der Waals surface area contributed by atoms with Crippen molar-refractivity contribution < 1.29 is 25.2 Å². The molecule has 6 nitrogen and oxygen atoms in total. The maximum Gasteiger partial charge on any atom is 0.249 e. The van der Waals surface area contributed by atoms with Crippen molar-refractivity contribution in [3.05, 3.63) is 24.3 Å². The molecule has 4 unspecified atom stereocenters. The van der Waals surface area contributed by atoms with Crippen LogP contribution in [0.3, 0.4) is 0 Å². The van der Waals surface area contributed by atoms with E-state index in [-0.39, 0.29) is 0 Å². The van der Waals surface area contributed by atoms with E-state index in [1.165, 1.54) is 199 Å². The summed E-state index contributed by atoms with van der Waals surface area (Å²) in [7, 11) is 0. The number of allylic oxidation sites excluding steroid dienone is 4. The Morgan fingerprint density at radius 1 is 0.431 bits per heavy atom. The molecule has 0 heterocycles. The van der Waals surface area contributed by atoms with Gasteiger partial charge >= 0.3 is 0 Å². The Balaban J connectivity index is 3.47. The van der Waals surface area contributed by atoms with Crippen LogP contribution in [0.25, 0.3) is 0 Å².